The van der Waals surface area contributed by atoms with Gasteiger partial charge in [-0.05, 0) is 38.1 Å². The summed E-state index contributed by atoms with van der Waals surface area (Å²) in [6, 6.07) is 12.4. The molecule has 0 saturated carbocycles. The average molecular weight is 439 g/mol. The van der Waals surface area contributed by atoms with Crippen LogP contribution in [0.4, 0.5) is 0 Å². The van der Waals surface area contributed by atoms with E-state index in [0.717, 1.165) is 10.9 Å². The van der Waals surface area contributed by atoms with Gasteiger partial charge in [0.15, 0.2) is 5.69 Å². The number of aromatic nitrogens is 3. The predicted molar refractivity (Wildman–Crippen MR) is 123 cm³/mol. The van der Waals surface area contributed by atoms with Crippen molar-refractivity contribution in [2.75, 3.05) is 20.2 Å². The van der Waals surface area contributed by atoms with Crippen LogP contribution in [0.2, 0.25) is 5.02 Å². The third-order valence-electron chi connectivity index (χ3n) is 5.55. The normalized spacial score (nSPS) is 11.3. The van der Waals surface area contributed by atoms with E-state index in [0.29, 0.717) is 40.5 Å². The minimum atomic E-state index is -0.325. The minimum absolute atomic E-state index is 0.228. The number of aryl methyl sites for hydroxylation is 1. The van der Waals surface area contributed by atoms with E-state index in [1.807, 2.05) is 19.9 Å². The van der Waals surface area contributed by atoms with Gasteiger partial charge < -0.3 is 14.2 Å². The molecule has 0 aliphatic heterocycles. The number of hydrogen-bond acceptors (Lipinski definition) is 4. The molecule has 0 saturated heterocycles. The summed E-state index contributed by atoms with van der Waals surface area (Å²) < 4.78 is 8.34. The maximum absolute atomic E-state index is 13.6. The number of halogens is 1. The first-order valence-corrected chi connectivity index (χ1v) is 10.4. The molecule has 0 spiro atoms. The van der Waals surface area contributed by atoms with Gasteiger partial charge in [0, 0.05) is 42.0 Å². The number of carbonyl (C=O) groups is 1. The van der Waals surface area contributed by atoms with Crippen LogP contribution in [0.5, 0.6) is 5.75 Å². The fourth-order valence-electron chi connectivity index (χ4n) is 3.92. The second-order valence-corrected chi connectivity index (χ2v) is 7.63. The lowest BCUT2D eigenvalue weighted by atomic mass is 10.1. The molecular formula is C23H23ClN4O3. The molecule has 0 aliphatic rings. The van der Waals surface area contributed by atoms with Crippen molar-refractivity contribution >= 4 is 39.3 Å². The molecule has 0 aliphatic carbocycles. The first-order chi connectivity index (χ1) is 14.9. The standard InChI is InChI=1S/C23H23ClN4O3/c1-5-27(6-2)22(29)20-19-17-11-10-14(24)12-18(17)26(3)21(19)23(30)28(25-20)15-8-7-9-16(13-15)31-4/h7-13H,5-6H2,1-4H3. The molecule has 0 fully saturated rings. The zero-order chi connectivity index (χ0) is 22.3. The average Bonchev–Trinajstić information content (AvgIpc) is 3.07. The van der Waals surface area contributed by atoms with Crippen molar-refractivity contribution in [2.45, 2.75) is 13.8 Å². The topological polar surface area (TPSA) is 69.4 Å². The Bertz CT molecular complexity index is 1370. The van der Waals surface area contributed by atoms with E-state index < -0.39 is 0 Å². The van der Waals surface area contributed by atoms with E-state index >= 15 is 0 Å². The Morgan fingerprint density at radius 2 is 1.90 bits per heavy atom. The Morgan fingerprint density at radius 3 is 2.58 bits per heavy atom. The first kappa shape index (κ1) is 20.9. The summed E-state index contributed by atoms with van der Waals surface area (Å²) in [5, 5.41) is 6.41. The van der Waals surface area contributed by atoms with Crippen LogP contribution in [0, 0.1) is 0 Å². The van der Waals surface area contributed by atoms with Crippen LogP contribution in [0.15, 0.2) is 47.3 Å². The van der Waals surface area contributed by atoms with Gasteiger partial charge in [0.1, 0.15) is 11.3 Å². The second-order valence-electron chi connectivity index (χ2n) is 7.19. The number of rotatable bonds is 5. The Balaban J connectivity index is 2.15. The Kier molecular flexibility index (Phi) is 5.45. The van der Waals surface area contributed by atoms with Gasteiger partial charge in [-0.25, -0.2) is 0 Å². The van der Waals surface area contributed by atoms with E-state index in [1.54, 1.807) is 60.0 Å². The summed E-state index contributed by atoms with van der Waals surface area (Å²) in [6.45, 7) is 4.90. The zero-order valence-electron chi connectivity index (χ0n) is 17.8. The molecule has 0 bridgehead atoms. The quantitative estimate of drug-likeness (QED) is 0.472. The van der Waals surface area contributed by atoms with E-state index in [4.69, 9.17) is 16.3 Å². The number of hydrogen-bond donors (Lipinski definition) is 0. The van der Waals surface area contributed by atoms with Crippen LogP contribution < -0.4 is 10.3 Å². The molecule has 0 N–H and O–H groups in total. The van der Waals surface area contributed by atoms with Crippen LogP contribution in [0.3, 0.4) is 0 Å². The Labute approximate surface area is 184 Å². The van der Waals surface area contributed by atoms with E-state index in [2.05, 4.69) is 5.10 Å². The van der Waals surface area contributed by atoms with Crippen molar-refractivity contribution in [2.24, 2.45) is 7.05 Å². The molecule has 7 nitrogen and oxygen atoms in total. The van der Waals surface area contributed by atoms with Gasteiger partial charge in [-0.1, -0.05) is 23.7 Å². The van der Waals surface area contributed by atoms with Crippen LogP contribution in [-0.4, -0.2) is 45.4 Å². The van der Waals surface area contributed by atoms with Gasteiger partial charge in [-0.2, -0.15) is 9.78 Å². The first-order valence-electron chi connectivity index (χ1n) is 10.1. The number of nitrogens with zero attached hydrogens (tertiary/aromatic N) is 4. The van der Waals surface area contributed by atoms with Crippen molar-refractivity contribution in [1.29, 1.82) is 0 Å². The lowest BCUT2D eigenvalue weighted by molar-refractivity contribution is 0.0767. The predicted octanol–water partition coefficient (Wildman–Crippen LogP) is 4.02. The van der Waals surface area contributed by atoms with Crippen LogP contribution >= 0.6 is 11.6 Å². The minimum Gasteiger partial charge on any atom is -0.497 e. The molecule has 0 radical (unpaired) electrons. The van der Waals surface area contributed by atoms with Crippen molar-refractivity contribution in [3.05, 3.63) is 63.5 Å². The largest absolute Gasteiger partial charge is 0.497 e. The molecule has 160 valence electrons. The van der Waals surface area contributed by atoms with Crippen LogP contribution in [0.25, 0.3) is 27.5 Å². The van der Waals surface area contributed by atoms with E-state index in [9.17, 15) is 9.59 Å². The molecule has 0 atom stereocenters. The van der Waals surface area contributed by atoms with Gasteiger partial charge in [0.2, 0.25) is 0 Å². The molecule has 2 aromatic heterocycles. The van der Waals surface area contributed by atoms with Crippen molar-refractivity contribution in [3.8, 4) is 11.4 Å². The summed E-state index contributed by atoms with van der Waals surface area (Å²) in [5.74, 6) is 0.362. The maximum atomic E-state index is 13.6. The highest BCUT2D eigenvalue weighted by Gasteiger charge is 2.25. The lowest BCUT2D eigenvalue weighted by Gasteiger charge is -2.19. The summed E-state index contributed by atoms with van der Waals surface area (Å²) >= 11 is 6.21. The monoisotopic (exact) mass is 438 g/mol. The van der Waals surface area contributed by atoms with Crippen molar-refractivity contribution in [1.82, 2.24) is 19.2 Å². The van der Waals surface area contributed by atoms with Crippen molar-refractivity contribution in [3.63, 3.8) is 0 Å². The Morgan fingerprint density at radius 1 is 1.16 bits per heavy atom. The summed E-state index contributed by atoms with van der Waals surface area (Å²) in [6.07, 6.45) is 0. The van der Waals surface area contributed by atoms with E-state index in [-0.39, 0.29) is 17.2 Å². The SMILES string of the molecule is CCN(CC)C(=O)c1nn(-c2cccc(OC)c2)c(=O)c2c1c1ccc(Cl)cc1n2C. The summed E-state index contributed by atoms with van der Waals surface area (Å²) in [5.41, 5.74) is 1.58. The number of fused-ring (bicyclic) bond motifs is 3. The summed E-state index contributed by atoms with van der Waals surface area (Å²) in [7, 11) is 3.35. The molecule has 2 aromatic carbocycles. The van der Waals surface area contributed by atoms with Crippen molar-refractivity contribution < 1.29 is 9.53 Å². The molecule has 4 aromatic rings. The number of ether oxygens (including phenoxy) is 1. The van der Waals surface area contributed by atoms with Gasteiger partial charge in [-0.3, -0.25) is 9.59 Å². The van der Waals surface area contributed by atoms with Gasteiger partial charge in [-0.15, -0.1) is 0 Å². The number of carbonyl (C=O) groups excluding carboxylic acids is 1. The highest BCUT2D eigenvalue weighted by atomic mass is 35.5. The molecule has 1 amide bonds. The van der Waals surface area contributed by atoms with Gasteiger partial charge in [0.25, 0.3) is 11.5 Å². The molecule has 2 heterocycles. The molecular weight excluding hydrogens is 416 g/mol. The molecule has 8 heteroatoms. The van der Waals surface area contributed by atoms with Gasteiger partial charge in [0.05, 0.1) is 18.3 Å². The Hall–Kier alpha value is -3.32. The molecule has 31 heavy (non-hydrogen) atoms. The zero-order valence-corrected chi connectivity index (χ0v) is 18.6. The summed E-state index contributed by atoms with van der Waals surface area (Å²) in [4.78, 5) is 28.7. The third kappa shape index (κ3) is 3.35. The molecule has 0 unspecified atom stereocenters. The number of benzene rings is 2. The number of methoxy groups -OCH3 is 1. The smallest absolute Gasteiger partial charge is 0.296 e. The fourth-order valence-corrected chi connectivity index (χ4v) is 4.09. The van der Waals surface area contributed by atoms with Crippen LogP contribution in [0.1, 0.15) is 24.3 Å². The number of amides is 1. The van der Waals surface area contributed by atoms with Crippen LogP contribution in [-0.2, 0) is 7.05 Å². The molecule has 4 rings (SSSR count). The fraction of sp³-hybridized carbons (Fsp3) is 0.261. The lowest BCUT2D eigenvalue weighted by Crippen LogP contribution is -2.34. The highest BCUT2D eigenvalue weighted by molar-refractivity contribution is 6.31. The van der Waals surface area contributed by atoms with Gasteiger partial charge >= 0.3 is 0 Å². The second kappa shape index (κ2) is 8.07. The maximum Gasteiger partial charge on any atom is 0.296 e. The van der Waals surface area contributed by atoms with E-state index in [1.165, 1.54) is 4.68 Å². The highest BCUT2D eigenvalue weighted by Crippen LogP contribution is 2.31. The third-order valence-corrected chi connectivity index (χ3v) is 5.78.